The van der Waals surface area contributed by atoms with Crippen molar-refractivity contribution in [2.24, 2.45) is 5.73 Å². The summed E-state index contributed by atoms with van der Waals surface area (Å²) in [4.78, 5) is 2.41. The maximum absolute atomic E-state index is 9.43. The molecule has 3 heteroatoms. The lowest BCUT2D eigenvalue weighted by Crippen LogP contribution is -2.35. The third-order valence-electron chi connectivity index (χ3n) is 3.83. The summed E-state index contributed by atoms with van der Waals surface area (Å²) in [5.74, 6) is 0. The fourth-order valence-corrected chi connectivity index (χ4v) is 2.32. The molecule has 1 aromatic carbocycles. The molecule has 1 aromatic rings. The van der Waals surface area contributed by atoms with Gasteiger partial charge in [0, 0.05) is 30.7 Å². The van der Waals surface area contributed by atoms with Crippen molar-refractivity contribution in [2.45, 2.75) is 25.2 Å². The van der Waals surface area contributed by atoms with E-state index in [1.165, 1.54) is 18.5 Å². The molecular weight excluding hydrogens is 212 g/mol. The summed E-state index contributed by atoms with van der Waals surface area (Å²) in [6.45, 7) is 4.87. The van der Waals surface area contributed by atoms with Gasteiger partial charge >= 0.3 is 0 Å². The normalized spacial score (nSPS) is 19.4. The van der Waals surface area contributed by atoms with Gasteiger partial charge in [-0.3, -0.25) is 0 Å². The molecule has 1 heterocycles. The van der Waals surface area contributed by atoms with E-state index < -0.39 is 0 Å². The highest BCUT2D eigenvalue weighted by Gasteiger charge is 2.24. The van der Waals surface area contributed by atoms with Gasteiger partial charge in [0.1, 0.15) is 0 Å². The molecular formula is C14H22N2O. The monoisotopic (exact) mass is 234 g/mol. The topological polar surface area (TPSA) is 49.5 Å². The highest BCUT2D eigenvalue weighted by atomic mass is 16.3. The van der Waals surface area contributed by atoms with E-state index >= 15 is 0 Å². The van der Waals surface area contributed by atoms with Gasteiger partial charge in [0.15, 0.2) is 0 Å². The van der Waals surface area contributed by atoms with Gasteiger partial charge in [0.2, 0.25) is 0 Å². The molecule has 3 nitrogen and oxygen atoms in total. The Hall–Kier alpha value is -1.06. The van der Waals surface area contributed by atoms with Crippen LogP contribution in [-0.4, -0.2) is 31.3 Å². The minimum absolute atomic E-state index is 0.0898. The summed E-state index contributed by atoms with van der Waals surface area (Å²) in [6, 6.07) is 8.47. The first-order valence-corrected chi connectivity index (χ1v) is 6.36. The first-order valence-electron chi connectivity index (χ1n) is 6.36. The van der Waals surface area contributed by atoms with Crippen LogP contribution in [-0.2, 0) is 5.41 Å². The highest BCUT2D eigenvalue weighted by Crippen LogP contribution is 2.26. The maximum atomic E-state index is 9.43. The van der Waals surface area contributed by atoms with Gasteiger partial charge in [-0.1, -0.05) is 19.1 Å². The molecule has 1 aliphatic heterocycles. The van der Waals surface area contributed by atoms with Crippen LogP contribution < -0.4 is 10.6 Å². The van der Waals surface area contributed by atoms with Crippen LogP contribution in [0, 0.1) is 0 Å². The number of nitrogens with zero attached hydrogens (tertiary/aromatic N) is 1. The van der Waals surface area contributed by atoms with Gasteiger partial charge < -0.3 is 15.7 Å². The smallest absolute Gasteiger partial charge is 0.0537 e. The van der Waals surface area contributed by atoms with Crippen molar-refractivity contribution in [1.82, 2.24) is 0 Å². The summed E-state index contributed by atoms with van der Waals surface area (Å²) in [7, 11) is 0. The number of anilines is 1. The third kappa shape index (κ3) is 2.45. The molecule has 2 rings (SSSR count). The van der Waals surface area contributed by atoms with Crippen molar-refractivity contribution in [2.75, 3.05) is 31.1 Å². The zero-order valence-electron chi connectivity index (χ0n) is 10.5. The van der Waals surface area contributed by atoms with E-state index in [0.717, 1.165) is 18.7 Å². The minimum atomic E-state index is -0.316. The largest absolute Gasteiger partial charge is 0.395 e. The van der Waals surface area contributed by atoms with Gasteiger partial charge in [-0.2, -0.15) is 0 Å². The van der Waals surface area contributed by atoms with Crippen molar-refractivity contribution in [3.05, 3.63) is 29.8 Å². The molecule has 3 N–H and O–H groups in total. The molecule has 1 fully saturated rings. The Balaban J connectivity index is 2.17. The van der Waals surface area contributed by atoms with Crippen LogP contribution in [0.2, 0.25) is 0 Å². The van der Waals surface area contributed by atoms with Crippen LogP contribution >= 0.6 is 0 Å². The van der Waals surface area contributed by atoms with Crippen LogP contribution in [0.3, 0.4) is 0 Å². The van der Waals surface area contributed by atoms with Crippen molar-refractivity contribution in [3.63, 3.8) is 0 Å². The fraction of sp³-hybridized carbons (Fsp3) is 0.571. The molecule has 1 saturated heterocycles. The second-order valence-corrected chi connectivity index (χ2v) is 5.16. The Morgan fingerprint density at radius 2 is 1.82 bits per heavy atom. The number of nitrogens with two attached hydrogens (primary N) is 1. The van der Waals surface area contributed by atoms with Crippen molar-refractivity contribution < 1.29 is 5.11 Å². The SMILES string of the molecule is CC(CN)(CO)c1ccc(N2CCCC2)cc1. The number of benzene rings is 1. The van der Waals surface area contributed by atoms with Crippen molar-refractivity contribution in [1.29, 1.82) is 0 Å². The van der Waals surface area contributed by atoms with E-state index in [1.807, 2.05) is 6.92 Å². The van der Waals surface area contributed by atoms with Crippen molar-refractivity contribution in [3.8, 4) is 0 Å². The van der Waals surface area contributed by atoms with Crippen LogP contribution in [0.5, 0.6) is 0 Å². The molecule has 17 heavy (non-hydrogen) atoms. The second-order valence-electron chi connectivity index (χ2n) is 5.16. The Labute approximate surface area is 103 Å². The average Bonchev–Trinajstić information content (AvgIpc) is 2.92. The molecule has 0 aromatic heterocycles. The van der Waals surface area contributed by atoms with Crippen molar-refractivity contribution >= 4 is 5.69 Å². The van der Waals surface area contributed by atoms with Gasteiger partial charge in [0.25, 0.3) is 0 Å². The molecule has 1 aliphatic rings. The maximum Gasteiger partial charge on any atom is 0.0537 e. The van der Waals surface area contributed by atoms with E-state index in [2.05, 4.69) is 29.2 Å². The first-order chi connectivity index (χ1) is 8.19. The molecule has 0 amide bonds. The lowest BCUT2D eigenvalue weighted by Gasteiger charge is -2.27. The summed E-state index contributed by atoms with van der Waals surface area (Å²) >= 11 is 0. The number of hydrogen-bond donors (Lipinski definition) is 2. The number of rotatable bonds is 4. The zero-order valence-corrected chi connectivity index (χ0v) is 10.5. The molecule has 94 valence electrons. The van der Waals surface area contributed by atoms with Crippen LogP contribution in [0.25, 0.3) is 0 Å². The summed E-state index contributed by atoms with van der Waals surface area (Å²) in [5, 5.41) is 9.43. The number of hydrogen-bond acceptors (Lipinski definition) is 3. The molecule has 0 saturated carbocycles. The number of aliphatic hydroxyl groups is 1. The predicted molar refractivity (Wildman–Crippen MR) is 71.4 cm³/mol. The van der Waals surface area contributed by atoms with Gasteiger partial charge in [-0.15, -0.1) is 0 Å². The van der Waals surface area contributed by atoms with Gasteiger partial charge in [-0.25, -0.2) is 0 Å². The predicted octanol–water partition coefficient (Wildman–Crippen LogP) is 1.50. The average molecular weight is 234 g/mol. The number of aliphatic hydroxyl groups excluding tert-OH is 1. The lowest BCUT2D eigenvalue weighted by molar-refractivity contribution is 0.210. The van der Waals surface area contributed by atoms with E-state index in [9.17, 15) is 5.11 Å². The molecule has 0 aliphatic carbocycles. The van der Waals surface area contributed by atoms with E-state index in [0.29, 0.717) is 6.54 Å². The Kier molecular flexibility index (Phi) is 3.69. The second kappa shape index (κ2) is 5.07. The Bertz CT molecular complexity index is 351. The van der Waals surface area contributed by atoms with Crippen LogP contribution in [0.15, 0.2) is 24.3 Å². The Morgan fingerprint density at radius 1 is 1.24 bits per heavy atom. The minimum Gasteiger partial charge on any atom is -0.395 e. The Morgan fingerprint density at radius 3 is 2.29 bits per heavy atom. The molecule has 0 bridgehead atoms. The molecule has 0 spiro atoms. The molecule has 1 atom stereocenters. The lowest BCUT2D eigenvalue weighted by atomic mass is 9.83. The summed E-state index contributed by atoms with van der Waals surface area (Å²) < 4.78 is 0. The first kappa shape index (κ1) is 12.4. The third-order valence-corrected chi connectivity index (χ3v) is 3.83. The van der Waals surface area contributed by atoms with Crippen LogP contribution in [0.4, 0.5) is 5.69 Å². The summed E-state index contributed by atoms with van der Waals surface area (Å²) in [5.41, 5.74) is 7.82. The molecule has 0 radical (unpaired) electrons. The highest BCUT2D eigenvalue weighted by molar-refractivity contribution is 5.49. The fourth-order valence-electron chi connectivity index (χ4n) is 2.32. The zero-order chi connectivity index (χ0) is 12.3. The van der Waals surface area contributed by atoms with E-state index in [1.54, 1.807) is 0 Å². The molecule has 1 unspecified atom stereocenters. The van der Waals surface area contributed by atoms with E-state index in [-0.39, 0.29) is 12.0 Å². The standard InChI is InChI=1S/C14H22N2O/c1-14(10-15,11-17)12-4-6-13(7-5-12)16-8-2-3-9-16/h4-7,17H,2-3,8-11,15H2,1H3. The van der Waals surface area contributed by atoms with Gasteiger partial charge in [-0.05, 0) is 30.5 Å². The quantitative estimate of drug-likeness (QED) is 0.830. The van der Waals surface area contributed by atoms with Crippen LogP contribution in [0.1, 0.15) is 25.3 Å². The van der Waals surface area contributed by atoms with E-state index in [4.69, 9.17) is 5.73 Å². The van der Waals surface area contributed by atoms with Gasteiger partial charge in [0.05, 0.1) is 6.61 Å². The summed E-state index contributed by atoms with van der Waals surface area (Å²) in [6.07, 6.45) is 2.58.